The number of hydrogen-bond donors (Lipinski definition) is 2. The van der Waals surface area contributed by atoms with E-state index < -0.39 is 24.7 Å². The zero-order valence-electron chi connectivity index (χ0n) is 20.2. The Labute approximate surface area is 197 Å². The average Bonchev–Trinajstić information content (AvgIpc) is 3.13. The molecule has 1 aliphatic heterocycles. The van der Waals surface area contributed by atoms with Crippen molar-refractivity contribution in [1.82, 2.24) is 4.90 Å². The predicted octanol–water partition coefficient (Wildman–Crippen LogP) is 4.73. The maximum Gasteiger partial charge on any atom is 0.265 e. The Morgan fingerprint density at radius 3 is 2.64 bits per heavy atom. The molecule has 0 aromatic rings. The van der Waals surface area contributed by atoms with Gasteiger partial charge in [-0.15, -0.1) is 0 Å². The van der Waals surface area contributed by atoms with Gasteiger partial charge in [-0.3, -0.25) is 4.90 Å². The zero-order valence-corrected chi connectivity index (χ0v) is 20.2. The van der Waals surface area contributed by atoms with Gasteiger partial charge in [-0.1, -0.05) is 43.7 Å². The largest absolute Gasteiger partial charge is 0.388 e. The minimum atomic E-state index is -2.42. The van der Waals surface area contributed by atoms with E-state index in [0.717, 1.165) is 25.1 Å². The van der Waals surface area contributed by atoms with Gasteiger partial charge in [-0.2, -0.15) is 0 Å². The second-order valence-corrected chi connectivity index (χ2v) is 11.2. The smallest absolute Gasteiger partial charge is 0.265 e. The molecular formula is C27H41F2NO3. The Bertz CT molecular complexity index is 765. The monoisotopic (exact) mass is 465 g/mol. The van der Waals surface area contributed by atoms with Crippen LogP contribution in [0.3, 0.4) is 0 Å². The molecule has 2 N–H and O–H groups in total. The Hall–Kier alpha value is -1.08. The molecule has 7 atom stereocenters. The number of nitrogens with zero attached hydrogens (tertiary/aromatic N) is 1. The van der Waals surface area contributed by atoms with Gasteiger partial charge in [-0.05, 0) is 73.7 Å². The number of allylic oxidation sites excluding steroid dienone is 3. The standard InChI is InChI=1S/C27H41F2NO3/c1-17(15-30-11-12-33-25(16-30)26(28)29)21-8-9-22-20(5-4-10-27(21,22)3)7-6-19-13-23(31)18(2)24(32)14-19/h6-7,17,21-26,31-32H,2,4-5,8-16H2,1,3H3/b20-7+/t17-,21-,22+,23-,24-,25-,27-/m1/s1. The Morgan fingerprint density at radius 1 is 1.21 bits per heavy atom. The maximum absolute atomic E-state index is 13.1. The molecule has 0 spiro atoms. The van der Waals surface area contributed by atoms with E-state index in [0.29, 0.717) is 49.3 Å². The van der Waals surface area contributed by atoms with Crippen LogP contribution in [0.4, 0.5) is 8.78 Å². The van der Waals surface area contributed by atoms with Crippen molar-refractivity contribution in [3.63, 3.8) is 0 Å². The summed E-state index contributed by atoms with van der Waals surface area (Å²) in [4.78, 5) is 2.18. The topological polar surface area (TPSA) is 52.9 Å². The molecular weight excluding hydrogens is 424 g/mol. The van der Waals surface area contributed by atoms with Gasteiger partial charge >= 0.3 is 0 Å². The molecule has 1 heterocycles. The Morgan fingerprint density at radius 2 is 1.94 bits per heavy atom. The van der Waals surface area contributed by atoms with Crippen molar-refractivity contribution in [1.29, 1.82) is 0 Å². The van der Waals surface area contributed by atoms with Gasteiger partial charge in [-0.25, -0.2) is 8.78 Å². The first kappa shape index (κ1) is 25.0. The number of aliphatic hydroxyl groups is 2. The van der Waals surface area contributed by atoms with E-state index in [2.05, 4.69) is 37.5 Å². The number of halogens is 2. The summed E-state index contributed by atoms with van der Waals surface area (Å²) in [5.41, 5.74) is 3.36. The highest BCUT2D eigenvalue weighted by atomic mass is 19.3. The summed E-state index contributed by atoms with van der Waals surface area (Å²) in [6.45, 7) is 10.9. The minimum Gasteiger partial charge on any atom is -0.388 e. The summed E-state index contributed by atoms with van der Waals surface area (Å²) in [7, 11) is 0. The van der Waals surface area contributed by atoms with E-state index in [-0.39, 0.29) is 5.41 Å². The number of hydrogen-bond acceptors (Lipinski definition) is 4. The van der Waals surface area contributed by atoms with E-state index >= 15 is 0 Å². The van der Waals surface area contributed by atoms with Crippen molar-refractivity contribution in [2.24, 2.45) is 23.2 Å². The third kappa shape index (κ3) is 5.29. The van der Waals surface area contributed by atoms with Gasteiger partial charge in [0.2, 0.25) is 0 Å². The van der Waals surface area contributed by atoms with E-state index in [1.54, 1.807) is 0 Å². The molecule has 0 radical (unpaired) electrons. The molecule has 0 unspecified atom stereocenters. The third-order valence-corrected chi connectivity index (χ3v) is 9.03. The summed E-state index contributed by atoms with van der Waals surface area (Å²) in [5.74, 6) is 1.61. The lowest BCUT2D eigenvalue weighted by Gasteiger charge is -2.45. The molecule has 3 aliphatic carbocycles. The van der Waals surface area contributed by atoms with Crippen molar-refractivity contribution in [2.75, 3.05) is 26.2 Å². The first-order chi connectivity index (χ1) is 15.7. The van der Waals surface area contributed by atoms with Crippen molar-refractivity contribution < 1.29 is 23.7 Å². The normalized spacial score (nSPS) is 40.3. The lowest BCUT2D eigenvalue weighted by atomic mass is 9.61. The molecule has 4 rings (SSSR count). The molecule has 0 bridgehead atoms. The number of ether oxygens (including phenoxy) is 1. The minimum absolute atomic E-state index is 0.246. The number of alkyl halides is 2. The van der Waals surface area contributed by atoms with Gasteiger partial charge in [0, 0.05) is 19.6 Å². The molecule has 6 heteroatoms. The fourth-order valence-electron chi connectivity index (χ4n) is 7.22. The van der Waals surface area contributed by atoms with Crippen molar-refractivity contribution >= 4 is 0 Å². The van der Waals surface area contributed by atoms with Crippen molar-refractivity contribution in [3.05, 3.63) is 35.5 Å². The van der Waals surface area contributed by atoms with E-state index in [1.807, 2.05) is 0 Å². The Kier molecular flexibility index (Phi) is 7.79. The predicted molar refractivity (Wildman–Crippen MR) is 126 cm³/mol. The molecule has 33 heavy (non-hydrogen) atoms. The van der Waals surface area contributed by atoms with Gasteiger partial charge < -0.3 is 14.9 Å². The average molecular weight is 466 g/mol. The van der Waals surface area contributed by atoms with Crippen LogP contribution in [0, 0.1) is 23.2 Å². The Balaban J connectivity index is 1.42. The number of morpholine rings is 1. The van der Waals surface area contributed by atoms with Crippen LogP contribution in [0.5, 0.6) is 0 Å². The van der Waals surface area contributed by atoms with Crippen LogP contribution >= 0.6 is 0 Å². The summed E-state index contributed by atoms with van der Waals surface area (Å²) < 4.78 is 31.5. The molecule has 0 aromatic carbocycles. The number of aliphatic hydroxyl groups excluding tert-OH is 2. The fourth-order valence-corrected chi connectivity index (χ4v) is 7.22. The van der Waals surface area contributed by atoms with E-state index in [4.69, 9.17) is 4.74 Å². The van der Waals surface area contributed by atoms with Crippen LogP contribution in [0.15, 0.2) is 35.5 Å². The molecule has 3 saturated carbocycles. The SMILES string of the molecule is C=C1[C@H](O)CC(=C/C=C2\CCC[C@]3(C)[C@@H]([C@H](C)CN4CCO[C@@H](C(F)F)C4)CC[C@@H]23)C[C@H]1O. The van der Waals surface area contributed by atoms with Crippen molar-refractivity contribution in [2.45, 2.75) is 83.5 Å². The summed E-state index contributed by atoms with van der Waals surface area (Å²) in [6.07, 6.45) is 6.73. The highest BCUT2D eigenvalue weighted by Crippen LogP contribution is 2.59. The molecule has 0 amide bonds. The molecule has 1 saturated heterocycles. The summed E-state index contributed by atoms with van der Waals surface area (Å²) in [6, 6.07) is 0. The lowest BCUT2D eigenvalue weighted by molar-refractivity contribution is -0.106. The summed E-state index contributed by atoms with van der Waals surface area (Å²) in [5, 5.41) is 20.3. The first-order valence-electron chi connectivity index (χ1n) is 12.7. The molecule has 4 nitrogen and oxygen atoms in total. The van der Waals surface area contributed by atoms with Crippen LogP contribution in [-0.2, 0) is 4.74 Å². The molecule has 0 aromatic heterocycles. The maximum atomic E-state index is 13.1. The molecule has 186 valence electrons. The van der Waals surface area contributed by atoms with E-state index in [9.17, 15) is 19.0 Å². The quantitative estimate of drug-likeness (QED) is 0.577. The first-order valence-corrected chi connectivity index (χ1v) is 12.7. The second kappa shape index (κ2) is 10.3. The zero-order chi connectivity index (χ0) is 23.8. The molecule has 4 fully saturated rings. The van der Waals surface area contributed by atoms with Crippen molar-refractivity contribution in [3.8, 4) is 0 Å². The van der Waals surface area contributed by atoms with Gasteiger partial charge in [0.1, 0.15) is 6.10 Å². The third-order valence-electron chi connectivity index (χ3n) is 9.03. The fraction of sp³-hybridized carbons (Fsp3) is 0.778. The number of rotatable bonds is 5. The van der Waals surface area contributed by atoms with Gasteiger partial charge in [0.15, 0.2) is 0 Å². The van der Waals surface area contributed by atoms with Gasteiger partial charge in [0.25, 0.3) is 6.43 Å². The van der Waals surface area contributed by atoms with Crippen LogP contribution < -0.4 is 0 Å². The van der Waals surface area contributed by atoms with Crippen LogP contribution in [0.2, 0.25) is 0 Å². The second-order valence-electron chi connectivity index (χ2n) is 11.2. The number of fused-ring (bicyclic) bond motifs is 1. The summed E-state index contributed by atoms with van der Waals surface area (Å²) >= 11 is 0. The van der Waals surface area contributed by atoms with Crippen LogP contribution in [0.1, 0.15) is 58.8 Å². The van der Waals surface area contributed by atoms with E-state index in [1.165, 1.54) is 31.3 Å². The lowest BCUT2D eigenvalue weighted by Crippen LogP contribution is -2.48. The van der Waals surface area contributed by atoms with Crippen LogP contribution in [0.25, 0.3) is 0 Å². The van der Waals surface area contributed by atoms with Gasteiger partial charge in [0.05, 0.1) is 18.8 Å². The highest BCUT2D eigenvalue weighted by Gasteiger charge is 2.50. The molecule has 4 aliphatic rings. The highest BCUT2D eigenvalue weighted by molar-refractivity contribution is 5.29. The van der Waals surface area contributed by atoms with Crippen LogP contribution in [-0.4, -0.2) is 66.1 Å².